The van der Waals surface area contributed by atoms with E-state index in [1.165, 1.54) is 24.3 Å². The van der Waals surface area contributed by atoms with Gasteiger partial charge in [-0.2, -0.15) is 0 Å². The van der Waals surface area contributed by atoms with Gasteiger partial charge in [0.2, 0.25) is 0 Å². The number of thiophene rings is 1. The van der Waals surface area contributed by atoms with Gasteiger partial charge in [0.25, 0.3) is 5.69 Å². The van der Waals surface area contributed by atoms with Crippen LogP contribution in [0.1, 0.15) is 0 Å². The third kappa shape index (κ3) is 1.90. The SMILES string of the molecule is O=[N+]([O-])c1ccc2cc(S(=O)(=O)[O-])sc2c1. The topological polar surface area (TPSA) is 100 Å². The second-order valence-electron chi connectivity index (χ2n) is 3.00. The van der Waals surface area contributed by atoms with Crippen molar-refractivity contribution in [3.05, 3.63) is 34.4 Å². The lowest BCUT2D eigenvalue weighted by molar-refractivity contribution is -0.384. The van der Waals surface area contributed by atoms with E-state index in [1.54, 1.807) is 0 Å². The molecule has 16 heavy (non-hydrogen) atoms. The first-order valence-electron chi connectivity index (χ1n) is 4.02. The number of hydrogen-bond donors (Lipinski definition) is 0. The van der Waals surface area contributed by atoms with Crippen LogP contribution in [-0.4, -0.2) is 17.9 Å². The summed E-state index contributed by atoms with van der Waals surface area (Å²) < 4.78 is 32.3. The molecule has 0 aliphatic carbocycles. The highest BCUT2D eigenvalue weighted by Crippen LogP contribution is 2.31. The molecule has 0 unspecified atom stereocenters. The highest BCUT2D eigenvalue weighted by Gasteiger charge is 2.11. The fourth-order valence-corrected chi connectivity index (χ4v) is 3.01. The summed E-state index contributed by atoms with van der Waals surface area (Å²) in [7, 11) is -4.50. The van der Waals surface area contributed by atoms with Gasteiger partial charge in [-0.25, -0.2) is 8.42 Å². The lowest BCUT2D eigenvalue weighted by Gasteiger charge is -2.00. The van der Waals surface area contributed by atoms with E-state index in [4.69, 9.17) is 0 Å². The van der Waals surface area contributed by atoms with Gasteiger partial charge in [0.1, 0.15) is 14.3 Å². The quantitative estimate of drug-likeness (QED) is 0.463. The van der Waals surface area contributed by atoms with Gasteiger partial charge in [0, 0.05) is 16.8 Å². The maximum atomic E-state index is 10.7. The second kappa shape index (κ2) is 3.51. The first kappa shape index (κ1) is 11.0. The lowest BCUT2D eigenvalue weighted by Crippen LogP contribution is -1.93. The lowest BCUT2D eigenvalue weighted by atomic mass is 10.2. The first-order chi connectivity index (χ1) is 7.38. The number of nitro groups is 1. The van der Waals surface area contributed by atoms with Crippen molar-refractivity contribution in [2.24, 2.45) is 0 Å². The van der Waals surface area contributed by atoms with Crippen molar-refractivity contribution in [2.45, 2.75) is 4.21 Å². The van der Waals surface area contributed by atoms with Gasteiger partial charge in [-0.3, -0.25) is 10.1 Å². The number of benzene rings is 1. The summed E-state index contributed by atoms with van der Waals surface area (Å²) in [6.07, 6.45) is 0. The number of rotatable bonds is 2. The van der Waals surface area contributed by atoms with Gasteiger partial charge in [0.15, 0.2) is 0 Å². The molecule has 2 aromatic rings. The van der Waals surface area contributed by atoms with Crippen LogP contribution in [0.5, 0.6) is 0 Å². The largest absolute Gasteiger partial charge is 0.743 e. The summed E-state index contributed by atoms with van der Waals surface area (Å²) in [4.78, 5) is 9.90. The van der Waals surface area contributed by atoms with E-state index >= 15 is 0 Å². The molecule has 0 saturated heterocycles. The summed E-state index contributed by atoms with van der Waals surface area (Å²) >= 11 is 0.731. The molecule has 0 fully saturated rings. The highest BCUT2D eigenvalue weighted by atomic mass is 32.3. The molecule has 0 amide bonds. The Balaban J connectivity index is 2.68. The van der Waals surface area contributed by atoms with E-state index in [9.17, 15) is 23.1 Å². The van der Waals surface area contributed by atoms with E-state index in [2.05, 4.69) is 0 Å². The molecule has 0 aliphatic heterocycles. The molecule has 0 aliphatic rings. The van der Waals surface area contributed by atoms with Crippen molar-refractivity contribution < 1.29 is 17.9 Å². The van der Waals surface area contributed by atoms with Crippen molar-refractivity contribution in [3.63, 3.8) is 0 Å². The average molecular weight is 258 g/mol. The molecule has 84 valence electrons. The molecule has 0 radical (unpaired) electrons. The summed E-state index contributed by atoms with van der Waals surface area (Å²) in [6.45, 7) is 0. The minimum absolute atomic E-state index is 0.135. The van der Waals surface area contributed by atoms with Crippen LogP contribution in [0.25, 0.3) is 10.1 Å². The Kier molecular flexibility index (Phi) is 2.41. The van der Waals surface area contributed by atoms with Crippen LogP contribution in [0.3, 0.4) is 0 Å². The molecular formula is C8H4NO5S2-. The van der Waals surface area contributed by atoms with Crippen molar-refractivity contribution >= 4 is 37.2 Å². The monoisotopic (exact) mass is 258 g/mol. The van der Waals surface area contributed by atoms with Crippen LogP contribution in [0.4, 0.5) is 5.69 Å². The molecule has 1 aromatic carbocycles. The number of nitrogens with zero attached hydrogens (tertiary/aromatic N) is 1. The Hall–Kier alpha value is -1.51. The smallest absolute Gasteiger partial charge is 0.270 e. The molecule has 0 bridgehead atoms. The molecular weight excluding hydrogens is 254 g/mol. The summed E-state index contributed by atoms with van der Waals surface area (Å²) in [5.41, 5.74) is -0.135. The Morgan fingerprint density at radius 1 is 1.25 bits per heavy atom. The minimum atomic E-state index is -4.50. The van der Waals surface area contributed by atoms with E-state index in [0.717, 1.165) is 11.3 Å². The van der Waals surface area contributed by atoms with E-state index in [1.807, 2.05) is 0 Å². The molecule has 2 rings (SSSR count). The standard InChI is InChI=1S/C8H5NO5S2/c10-9(11)6-2-1-5-3-8(16(12,13)14)15-7(5)4-6/h1-4H,(H,12,13,14)/p-1. The third-order valence-corrected chi connectivity index (χ3v) is 4.30. The normalized spacial score (nSPS) is 11.8. The number of nitro benzene ring substituents is 1. The van der Waals surface area contributed by atoms with Crippen molar-refractivity contribution in [1.29, 1.82) is 0 Å². The number of hydrogen-bond acceptors (Lipinski definition) is 6. The first-order valence-corrected chi connectivity index (χ1v) is 6.24. The van der Waals surface area contributed by atoms with Gasteiger partial charge >= 0.3 is 0 Å². The van der Waals surface area contributed by atoms with Gasteiger partial charge < -0.3 is 4.55 Å². The van der Waals surface area contributed by atoms with E-state index in [0.29, 0.717) is 10.1 Å². The maximum absolute atomic E-state index is 10.7. The predicted molar refractivity (Wildman–Crippen MR) is 56.4 cm³/mol. The number of fused-ring (bicyclic) bond motifs is 1. The van der Waals surface area contributed by atoms with Crippen molar-refractivity contribution in [3.8, 4) is 0 Å². The van der Waals surface area contributed by atoms with Crippen molar-refractivity contribution in [2.75, 3.05) is 0 Å². The molecule has 0 saturated carbocycles. The van der Waals surface area contributed by atoms with Crippen LogP contribution in [-0.2, 0) is 10.1 Å². The minimum Gasteiger partial charge on any atom is -0.743 e. The molecule has 6 nitrogen and oxygen atoms in total. The van der Waals surface area contributed by atoms with Crippen LogP contribution < -0.4 is 0 Å². The Morgan fingerprint density at radius 2 is 1.94 bits per heavy atom. The van der Waals surface area contributed by atoms with Gasteiger partial charge in [-0.15, -0.1) is 11.3 Å². The third-order valence-electron chi connectivity index (χ3n) is 1.94. The maximum Gasteiger partial charge on any atom is 0.270 e. The highest BCUT2D eigenvalue weighted by molar-refractivity contribution is 7.88. The van der Waals surface area contributed by atoms with Crippen LogP contribution in [0.15, 0.2) is 28.5 Å². The summed E-state index contributed by atoms with van der Waals surface area (Å²) in [5, 5.41) is 11.0. The summed E-state index contributed by atoms with van der Waals surface area (Å²) in [5.74, 6) is 0. The molecule has 0 N–H and O–H groups in total. The molecule has 1 heterocycles. The van der Waals surface area contributed by atoms with Gasteiger partial charge in [0.05, 0.1) is 4.92 Å². The zero-order valence-corrected chi connectivity index (χ0v) is 9.25. The Bertz CT molecular complexity index is 673. The molecule has 8 heteroatoms. The Morgan fingerprint density at radius 3 is 2.50 bits per heavy atom. The zero-order chi connectivity index (χ0) is 11.9. The van der Waals surface area contributed by atoms with E-state index < -0.39 is 15.0 Å². The summed E-state index contributed by atoms with van der Waals surface area (Å²) in [6, 6.07) is 5.13. The Labute approximate surface area is 94.0 Å². The van der Waals surface area contributed by atoms with Crippen molar-refractivity contribution in [1.82, 2.24) is 0 Å². The van der Waals surface area contributed by atoms with Crippen LogP contribution in [0.2, 0.25) is 0 Å². The fourth-order valence-electron chi connectivity index (χ4n) is 1.23. The zero-order valence-electron chi connectivity index (χ0n) is 7.61. The number of non-ortho nitro benzene ring substituents is 1. The van der Waals surface area contributed by atoms with Crippen LogP contribution >= 0.6 is 11.3 Å². The predicted octanol–water partition coefficient (Wildman–Crippen LogP) is 1.71. The van der Waals surface area contributed by atoms with E-state index in [-0.39, 0.29) is 9.90 Å². The average Bonchev–Trinajstić information content (AvgIpc) is 2.58. The van der Waals surface area contributed by atoms with Gasteiger partial charge in [-0.1, -0.05) is 0 Å². The van der Waals surface area contributed by atoms with Gasteiger partial charge in [-0.05, 0) is 17.5 Å². The molecule has 0 atom stereocenters. The molecule has 1 aromatic heterocycles. The molecule has 0 spiro atoms. The fraction of sp³-hybridized carbons (Fsp3) is 0. The van der Waals surface area contributed by atoms with Crippen LogP contribution in [0, 0.1) is 10.1 Å². The second-order valence-corrected chi connectivity index (χ2v) is 5.69.